The number of amides is 1. The van der Waals surface area contributed by atoms with Gasteiger partial charge in [-0.2, -0.15) is 0 Å². The van der Waals surface area contributed by atoms with Crippen molar-refractivity contribution in [2.75, 3.05) is 19.6 Å². The van der Waals surface area contributed by atoms with Gasteiger partial charge >= 0.3 is 0 Å². The van der Waals surface area contributed by atoms with Gasteiger partial charge in [0.05, 0.1) is 0 Å². The van der Waals surface area contributed by atoms with Gasteiger partial charge in [-0.1, -0.05) is 13.3 Å². The average Bonchev–Trinajstić information content (AvgIpc) is 2.45. The number of carbonyl (C=O) groups is 1. The smallest absolute Gasteiger partial charge is 0.222 e. The monoisotopic (exact) mass is 226 g/mol. The summed E-state index contributed by atoms with van der Waals surface area (Å²) in [6.45, 7) is 7.31. The molecule has 1 atom stereocenters. The van der Waals surface area contributed by atoms with E-state index in [4.69, 9.17) is 0 Å². The van der Waals surface area contributed by atoms with Crippen LogP contribution in [0, 0.1) is 0 Å². The molecule has 0 aromatic carbocycles. The van der Waals surface area contributed by atoms with Crippen LogP contribution in [0.4, 0.5) is 0 Å². The fourth-order valence-corrected chi connectivity index (χ4v) is 2.31. The van der Waals surface area contributed by atoms with Gasteiger partial charge in [0.2, 0.25) is 5.91 Å². The van der Waals surface area contributed by atoms with Crippen molar-refractivity contribution < 1.29 is 4.79 Å². The van der Waals surface area contributed by atoms with Crippen LogP contribution >= 0.6 is 0 Å². The Kier molecular flexibility index (Phi) is 6.46. The van der Waals surface area contributed by atoms with Gasteiger partial charge in [0.1, 0.15) is 0 Å². The highest BCUT2D eigenvalue weighted by molar-refractivity contribution is 5.76. The summed E-state index contributed by atoms with van der Waals surface area (Å²) in [6.07, 6.45) is 6.55. The van der Waals surface area contributed by atoms with Gasteiger partial charge in [-0.25, -0.2) is 0 Å². The van der Waals surface area contributed by atoms with Crippen LogP contribution in [0.25, 0.3) is 0 Å². The minimum Gasteiger partial charge on any atom is -0.343 e. The van der Waals surface area contributed by atoms with Gasteiger partial charge in [0.15, 0.2) is 0 Å². The van der Waals surface area contributed by atoms with Crippen LogP contribution in [0.2, 0.25) is 0 Å². The summed E-state index contributed by atoms with van der Waals surface area (Å²) >= 11 is 0. The first-order valence-corrected chi connectivity index (χ1v) is 6.75. The Morgan fingerprint density at radius 3 is 2.94 bits per heavy atom. The molecule has 1 heterocycles. The first-order chi connectivity index (χ1) is 7.74. The molecule has 1 unspecified atom stereocenters. The molecule has 0 spiro atoms. The van der Waals surface area contributed by atoms with Crippen molar-refractivity contribution in [3.63, 3.8) is 0 Å². The molecule has 0 aromatic rings. The molecule has 94 valence electrons. The van der Waals surface area contributed by atoms with Crippen LogP contribution in [-0.4, -0.2) is 36.5 Å². The molecule has 1 aliphatic rings. The minimum absolute atomic E-state index is 0.369. The van der Waals surface area contributed by atoms with Crippen LogP contribution in [0.1, 0.15) is 52.4 Å². The van der Waals surface area contributed by atoms with Crippen LogP contribution in [0.3, 0.4) is 0 Å². The maximum Gasteiger partial charge on any atom is 0.222 e. The summed E-state index contributed by atoms with van der Waals surface area (Å²) < 4.78 is 0. The molecule has 1 N–H and O–H groups in total. The SMILES string of the molecule is CCNC(C)CCCN1CCCCCC1=O. The zero-order valence-electron chi connectivity index (χ0n) is 10.8. The highest BCUT2D eigenvalue weighted by Crippen LogP contribution is 2.12. The molecule has 0 aliphatic carbocycles. The standard InChI is InChI=1S/C13H26N2O/c1-3-14-12(2)8-7-11-15-10-6-4-5-9-13(15)16/h12,14H,3-11H2,1-2H3. The van der Waals surface area contributed by atoms with Crippen LogP contribution in [-0.2, 0) is 4.79 Å². The summed E-state index contributed by atoms with van der Waals surface area (Å²) in [5.74, 6) is 0.369. The molecular weight excluding hydrogens is 200 g/mol. The van der Waals surface area contributed by atoms with E-state index < -0.39 is 0 Å². The molecule has 0 radical (unpaired) electrons. The summed E-state index contributed by atoms with van der Waals surface area (Å²) in [7, 11) is 0. The summed E-state index contributed by atoms with van der Waals surface area (Å²) in [5, 5.41) is 3.40. The second-order valence-electron chi connectivity index (χ2n) is 4.79. The topological polar surface area (TPSA) is 32.3 Å². The van der Waals surface area contributed by atoms with Gasteiger partial charge in [-0.15, -0.1) is 0 Å². The van der Waals surface area contributed by atoms with Crippen LogP contribution < -0.4 is 5.32 Å². The molecule has 0 aromatic heterocycles. The molecular formula is C13H26N2O. The Labute approximate surface area is 99.6 Å². The van der Waals surface area contributed by atoms with Crippen molar-refractivity contribution in [2.24, 2.45) is 0 Å². The van der Waals surface area contributed by atoms with Crippen molar-refractivity contribution in [2.45, 2.75) is 58.4 Å². The fourth-order valence-electron chi connectivity index (χ4n) is 2.31. The van der Waals surface area contributed by atoms with E-state index >= 15 is 0 Å². The normalized spacial score (nSPS) is 19.6. The van der Waals surface area contributed by atoms with Gasteiger partial charge < -0.3 is 10.2 Å². The van der Waals surface area contributed by atoms with Crippen molar-refractivity contribution >= 4 is 5.91 Å². The van der Waals surface area contributed by atoms with Gasteiger partial charge in [0, 0.05) is 25.6 Å². The third-order valence-corrected chi connectivity index (χ3v) is 3.29. The summed E-state index contributed by atoms with van der Waals surface area (Å²) in [5.41, 5.74) is 0. The van der Waals surface area contributed by atoms with E-state index in [1.807, 2.05) is 0 Å². The summed E-state index contributed by atoms with van der Waals surface area (Å²) in [4.78, 5) is 13.8. The molecule has 3 nitrogen and oxygen atoms in total. The molecule has 1 aliphatic heterocycles. The zero-order valence-corrected chi connectivity index (χ0v) is 10.8. The Morgan fingerprint density at radius 1 is 1.38 bits per heavy atom. The predicted molar refractivity (Wildman–Crippen MR) is 67.4 cm³/mol. The highest BCUT2D eigenvalue weighted by Gasteiger charge is 2.15. The van der Waals surface area contributed by atoms with Crippen molar-refractivity contribution in [1.29, 1.82) is 0 Å². The number of likely N-dealkylation sites (tertiary alicyclic amines) is 1. The third-order valence-electron chi connectivity index (χ3n) is 3.29. The first-order valence-electron chi connectivity index (χ1n) is 6.75. The van der Waals surface area contributed by atoms with E-state index in [1.54, 1.807) is 0 Å². The maximum atomic E-state index is 11.7. The lowest BCUT2D eigenvalue weighted by Crippen LogP contribution is -2.32. The maximum absolute atomic E-state index is 11.7. The van der Waals surface area contributed by atoms with Crippen molar-refractivity contribution in [1.82, 2.24) is 10.2 Å². The van der Waals surface area contributed by atoms with Crippen molar-refractivity contribution in [3.05, 3.63) is 0 Å². The minimum atomic E-state index is 0.369. The van der Waals surface area contributed by atoms with Crippen molar-refractivity contribution in [3.8, 4) is 0 Å². The number of nitrogens with one attached hydrogen (secondary N) is 1. The van der Waals surface area contributed by atoms with Crippen LogP contribution in [0.5, 0.6) is 0 Å². The van der Waals surface area contributed by atoms with E-state index in [1.165, 1.54) is 12.8 Å². The van der Waals surface area contributed by atoms with Gasteiger partial charge in [0.25, 0.3) is 0 Å². The molecule has 1 fully saturated rings. The Morgan fingerprint density at radius 2 is 2.19 bits per heavy atom. The van der Waals surface area contributed by atoms with Crippen LogP contribution in [0.15, 0.2) is 0 Å². The number of nitrogens with zero attached hydrogens (tertiary/aromatic N) is 1. The summed E-state index contributed by atoms with van der Waals surface area (Å²) in [6, 6.07) is 0.576. The Hall–Kier alpha value is -0.570. The Balaban J connectivity index is 2.17. The molecule has 1 rings (SSSR count). The van der Waals surface area contributed by atoms with E-state index in [0.29, 0.717) is 11.9 Å². The second kappa shape index (κ2) is 7.66. The van der Waals surface area contributed by atoms with E-state index in [9.17, 15) is 4.79 Å². The number of hydrogen-bond donors (Lipinski definition) is 1. The Bertz CT molecular complexity index is 206. The van der Waals surface area contributed by atoms with E-state index in [0.717, 1.165) is 45.3 Å². The fraction of sp³-hybridized carbons (Fsp3) is 0.923. The second-order valence-corrected chi connectivity index (χ2v) is 4.79. The quantitative estimate of drug-likeness (QED) is 0.753. The van der Waals surface area contributed by atoms with Gasteiger partial charge in [-0.05, 0) is 39.2 Å². The molecule has 1 saturated heterocycles. The molecule has 3 heteroatoms. The number of carbonyl (C=O) groups excluding carboxylic acids is 1. The predicted octanol–water partition coefficient (Wildman–Crippen LogP) is 2.17. The van der Waals surface area contributed by atoms with E-state index in [-0.39, 0.29) is 0 Å². The molecule has 16 heavy (non-hydrogen) atoms. The highest BCUT2D eigenvalue weighted by atomic mass is 16.2. The van der Waals surface area contributed by atoms with E-state index in [2.05, 4.69) is 24.1 Å². The molecule has 0 bridgehead atoms. The largest absolute Gasteiger partial charge is 0.343 e. The average molecular weight is 226 g/mol. The number of hydrogen-bond acceptors (Lipinski definition) is 2. The lowest BCUT2D eigenvalue weighted by Gasteiger charge is -2.21. The molecule has 0 saturated carbocycles. The number of rotatable bonds is 6. The zero-order chi connectivity index (χ0) is 11.8. The lowest BCUT2D eigenvalue weighted by atomic mass is 10.1. The van der Waals surface area contributed by atoms with Gasteiger partial charge in [-0.3, -0.25) is 4.79 Å². The lowest BCUT2D eigenvalue weighted by molar-refractivity contribution is -0.130. The molecule has 1 amide bonds. The first kappa shape index (κ1) is 13.5. The third kappa shape index (κ3) is 4.97.